The quantitative estimate of drug-likeness (QED) is 0.527. The molecule has 96 valence electrons. The second kappa shape index (κ2) is 7.00. The lowest BCUT2D eigenvalue weighted by molar-refractivity contribution is 0.308. The highest BCUT2D eigenvalue weighted by molar-refractivity contribution is 7.59. The summed E-state index contributed by atoms with van der Waals surface area (Å²) in [4.78, 5) is 0. The molecule has 0 N–H and O–H groups in total. The number of hydrogen-bond acceptors (Lipinski definition) is 0. The van der Waals surface area contributed by atoms with E-state index in [0.717, 1.165) is 23.4 Å². The average molecular weight is 242 g/mol. The Morgan fingerprint density at radius 3 is 2.38 bits per heavy atom. The van der Waals surface area contributed by atoms with Gasteiger partial charge >= 0.3 is 0 Å². The Labute approximate surface area is 104 Å². The van der Waals surface area contributed by atoms with Gasteiger partial charge in [0.2, 0.25) is 0 Å². The van der Waals surface area contributed by atoms with E-state index in [0.29, 0.717) is 7.92 Å². The van der Waals surface area contributed by atoms with Crippen LogP contribution in [0.15, 0.2) is 0 Å². The van der Waals surface area contributed by atoms with Gasteiger partial charge in [-0.25, -0.2) is 0 Å². The molecule has 0 spiro atoms. The van der Waals surface area contributed by atoms with Crippen LogP contribution in [0.1, 0.15) is 59.8 Å². The van der Waals surface area contributed by atoms with Crippen molar-refractivity contribution in [3.63, 3.8) is 0 Å². The Balaban J connectivity index is 2.23. The Kier molecular flexibility index (Phi) is 6.34. The maximum absolute atomic E-state index is 2.52. The first kappa shape index (κ1) is 14.5. The Hall–Kier alpha value is 0.430. The highest BCUT2D eigenvalue weighted by Gasteiger charge is 2.39. The summed E-state index contributed by atoms with van der Waals surface area (Å²) in [6.07, 6.45) is 8.83. The van der Waals surface area contributed by atoms with Gasteiger partial charge in [-0.1, -0.05) is 53.4 Å². The molecule has 0 bridgehead atoms. The summed E-state index contributed by atoms with van der Waals surface area (Å²) in [5.74, 6) is 2.97. The van der Waals surface area contributed by atoms with Crippen LogP contribution in [0.4, 0.5) is 0 Å². The maximum Gasteiger partial charge on any atom is -0.0177 e. The van der Waals surface area contributed by atoms with Crippen LogP contribution in [0.3, 0.4) is 0 Å². The zero-order chi connectivity index (χ0) is 12.1. The molecule has 1 rings (SSSR count). The van der Waals surface area contributed by atoms with Crippen LogP contribution < -0.4 is 0 Å². The highest BCUT2D eigenvalue weighted by atomic mass is 31.1. The third-order valence-corrected chi connectivity index (χ3v) is 7.09. The summed E-state index contributed by atoms with van der Waals surface area (Å²) < 4.78 is 0. The molecule has 1 fully saturated rings. The van der Waals surface area contributed by atoms with Crippen molar-refractivity contribution in [2.75, 3.05) is 12.8 Å². The molecule has 0 amide bonds. The Morgan fingerprint density at radius 2 is 1.88 bits per heavy atom. The van der Waals surface area contributed by atoms with Gasteiger partial charge in [0.15, 0.2) is 0 Å². The predicted octanol–water partition coefficient (Wildman–Crippen LogP) is 5.36. The number of hydrogen-bond donors (Lipinski definition) is 0. The Bertz CT molecular complexity index is 188. The van der Waals surface area contributed by atoms with Crippen molar-refractivity contribution in [2.45, 2.75) is 65.5 Å². The molecule has 1 heterocycles. The molecule has 0 aliphatic carbocycles. The highest BCUT2D eigenvalue weighted by Crippen LogP contribution is 2.58. The van der Waals surface area contributed by atoms with Crippen molar-refractivity contribution < 1.29 is 0 Å². The summed E-state index contributed by atoms with van der Waals surface area (Å²) in [5.41, 5.74) is 1.12. The van der Waals surface area contributed by atoms with Gasteiger partial charge in [-0.15, -0.1) is 7.92 Å². The monoisotopic (exact) mass is 242 g/mol. The van der Waals surface area contributed by atoms with Gasteiger partial charge in [-0.2, -0.15) is 0 Å². The van der Waals surface area contributed by atoms with Crippen LogP contribution in [-0.4, -0.2) is 18.5 Å². The van der Waals surface area contributed by atoms with Gasteiger partial charge in [0, 0.05) is 0 Å². The van der Waals surface area contributed by atoms with Gasteiger partial charge in [0.25, 0.3) is 0 Å². The molecule has 1 aliphatic heterocycles. The fourth-order valence-electron chi connectivity index (χ4n) is 3.13. The largest absolute Gasteiger partial charge is 0.106 e. The normalized spacial score (nSPS) is 31.5. The second-order valence-corrected chi connectivity index (χ2v) is 8.80. The van der Waals surface area contributed by atoms with E-state index in [1.54, 1.807) is 6.16 Å². The minimum atomic E-state index is 0.414. The van der Waals surface area contributed by atoms with Crippen LogP contribution >= 0.6 is 7.92 Å². The van der Waals surface area contributed by atoms with Gasteiger partial charge < -0.3 is 0 Å². The predicted molar refractivity (Wildman–Crippen MR) is 77.8 cm³/mol. The van der Waals surface area contributed by atoms with Crippen molar-refractivity contribution in [3.8, 4) is 0 Å². The molecule has 1 saturated heterocycles. The average Bonchev–Trinajstić information content (AvgIpc) is 2.21. The van der Waals surface area contributed by atoms with Crippen molar-refractivity contribution >= 4 is 7.92 Å². The van der Waals surface area contributed by atoms with Crippen molar-refractivity contribution in [3.05, 3.63) is 0 Å². The zero-order valence-corrected chi connectivity index (χ0v) is 12.9. The molecular weight excluding hydrogens is 211 g/mol. The Morgan fingerprint density at radius 1 is 1.19 bits per heavy atom. The van der Waals surface area contributed by atoms with Gasteiger partial charge in [-0.3, -0.25) is 0 Å². The van der Waals surface area contributed by atoms with E-state index in [-0.39, 0.29) is 0 Å². The first-order valence-electron chi connectivity index (χ1n) is 7.26. The van der Waals surface area contributed by atoms with Crippen molar-refractivity contribution in [1.82, 2.24) is 0 Å². The molecule has 1 heteroatoms. The molecule has 0 aromatic carbocycles. The van der Waals surface area contributed by atoms with Crippen molar-refractivity contribution in [2.24, 2.45) is 17.8 Å². The maximum atomic E-state index is 2.52. The van der Waals surface area contributed by atoms with E-state index >= 15 is 0 Å². The van der Waals surface area contributed by atoms with Crippen LogP contribution in [0.5, 0.6) is 0 Å². The molecule has 0 saturated carbocycles. The minimum absolute atomic E-state index is 0.414. The third kappa shape index (κ3) is 4.02. The number of rotatable bonds is 7. The molecule has 4 unspecified atom stereocenters. The van der Waals surface area contributed by atoms with E-state index in [1.165, 1.54) is 32.1 Å². The van der Waals surface area contributed by atoms with Crippen LogP contribution in [-0.2, 0) is 0 Å². The molecule has 0 radical (unpaired) electrons. The second-order valence-electron chi connectivity index (χ2n) is 6.26. The minimum Gasteiger partial charge on any atom is -0.106 e. The topological polar surface area (TPSA) is 0 Å². The fourth-order valence-corrected chi connectivity index (χ4v) is 6.04. The molecule has 0 aromatic rings. The van der Waals surface area contributed by atoms with Crippen LogP contribution in [0, 0.1) is 17.8 Å². The zero-order valence-electron chi connectivity index (χ0n) is 12.0. The molecule has 16 heavy (non-hydrogen) atoms. The van der Waals surface area contributed by atoms with Gasteiger partial charge in [-0.05, 0) is 42.7 Å². The fraction of sp³-hybridized carbons (Fsp3) is 1.00. The summed E-state index contributed by atoms with van der Waals surface area (Å²) in [5, 5.41) is 0. The summed E-state index contributed by atoms with van der Waals surface area (Å²) in [6.45, 7) is 12.1. The standard InChI is InChI=1S/C15H31P/c1-6-8-15-14(11-16(15)5)13(4)10-7-9-12(2)3/h12-15H,6-11H2,1-5H3. The van der Waals surface area contributed by atoms with Gasteiger partial charge in [0.05, 0.1) is 0 Å². The van der Waals surface area contributed by atoms with E-state index in [9.17, 15) is 0 Å². The lowest BCUT2D eigenvalue weighted by Gasteiger charge is -2.47. The molecule has 4 atom stereocenters. The van der Waals surface area contributed by atoms with Crippen LogP contribution in [0.25, 0.3) is 0 Å². The first-order chi connectivity index (χ1) is 7.56. The van der Waals surface area contributed by atoms with Gasteiger partial charge in [0.1, 0.15) is 0 Å². The van der Waals surface area contributed by atoms with Crippen molar-refractivity contribution in [1.29, 1.82) is 0 Å². The summed E-state index contributed by atoms with van der Waals surface area (Å²) in [7, 11) is 0.414. The van der Waals surface area contributed by atoms with Crippen LogP contribution in [0.2, 0.25) is 0 Å². The lowest BCUT2D eigenvalue weighted by Crippen LogP contribution is -2.37. The molecule has 1 aliphatic rings. The molecule has 0 aromatic heterocycles. The smallest absolute Gasteiger partial charge is 0.0177 e. The first-order valence-corrected chi connectivity index (χ1v) is 9.30. The molecular formula is C15H31P. The van der Waals surface area contributed by atoms with E-state index < -0.39 is 0 Å². The summed E-state index contributed by atoms with van der Waals surface area (Å²) >= 11 is 0. The van der Waals surface area contributed by atoms with E-state index in [2.05, 4.69) is 34.4 Å². The van der Waals surface area contributed by atoms with E-state index in [4.69, 9.17) is 0 Å². The summed E-state index contributed by atoms with van der Waals surface area (Å²) in [6, 6.07) is 0. The SMILES string of the molecule is CCCC1C(C(C)CCCC(C)C)CP1C. The molecule has 0 nitrogen and oxygen atoms in total. The van der Waals surface area contributed by atoms with E-state index in [1.807, 2.05) is 0 Å². The third-order valence-electron chi connectivity index (χ3n) is 4.32. The lowest BCUT2D eigenvalue weighted by atomic mass is 9.85.